The van der Waals surface area contributed by atoms with Crippen molar-refractivity contribution >= 4 is 31.8 Å². The van der Waals surface area contributed by atoms with Crippen LogP contribution in [-0.4, -0.2) is 80.7 Å². The summed E-state index contributed by atoms with van der Waals surface area (Å²) in [7, 11) is -6.99. The molecular weight excluding hydrogens is 554 g/mol. The highest BCUT2D eigenvalue weighted by Crippen LogP contribution is 2.29. The van der Waals surface area contributed by atoms with Crippen molar-refractivity contribution in [2.75, 3.05) is 37.8 Å². The van der Waals surface area contributed by atoms with Gasteiger partial charge in [0.05, 0.1) is 35.3 Å². The fraction of sp³-hybridized carbons (Fsp3) is 0.296. The first-order valence-electron chi connectivity index (χ1n) is 12.6. The van der Waals surface area contributed by atoms with E-state index in [1.54, 1.807) is 23.0 Å². The molecule has 1 unspecified atom stereocenters. The number of benzene rings is 2. The maximum atomic E-state index is 13.3. The van der Waals surface area contributed by atoms with Crippen LogP contribution in [0, 0.1) is 11.3 Å². The number of hydrogen-bond donors (Lipinski definition) is 1. The molecule has 0 aliphatic carbocycles. The molecule has 0 spiro atoms. The Balaban J connectivity index is 1.53. The molecule has 0 radical (unpaired) electrons. The highest BCUT2D eigenvalue weighted by Gasteiger charge is 2.30. The molecule has 1 atom stereocenters. The number of carbonyl (C=O) groups is 1. The van der Waals surface area contributed by atoms with E-state index in [1.165, 1.54) is 22.5 Å². The van der Waals surface area contributed by atoms with E-state index in [2.05, 4.69) is 10.4 Å². The number of nitrogens with one attached hydrogen (secondary N) is 1. The van der Waals surface area contributed by atoms with Crippen molar-refractivity contribution in [2.24, 2.45) is 0 Å². The molecule has 0 bridgehead atoms. The van der Waals surface area contributed by atoms with Gasteiger partial charge in [-0.15, -0.1) is 0 Å². The lowest BCUT2D eigenvalue weighted by Gasteiger charge is -2.26. The van der Waals surface area contributed by atoms with Gasteiger partial charge >= 0.3 is 0 Å². The van der Waals surface area contributed by atoms with Crippen molar-refractivity contribution < 1.29 is 26.4 Å². The molecule has 40 heavy (non-hydrogen) atoms. The van der Waals surface area contributed by atoms with Crippen molar-refractivity contribution in [3.63, 3.8) is 0 Å². The Morgan fingerprint density at radius 3 is 2.55 bits per heavy atom. The summed E-state index contributed by atoms with van der Waals surface area (Å²) in [5.74, 6) is -0.869. The van der Waals surface area contributed by atoms with Gasteiger partial charge in [0, 0.05) is 36.5 Å². The molecule has 3 heterocycles. The molecule has 2 aromatic carbocycles. The third-order valence-electron chi connectivity index (χ3n) is 6.71. The number of para-hydroxylation sites is 1. The first kappa shape index (κ1) is 27.7. The maximum Gasteiger partial charge on any atom is 0.262 e. The van der Waals surface area contributed by atoms with Crippen molar-refractivity contribution in [3.05, 3.63) is 71.9 Å². The number of rotatable bonds is 7. The summed E-state index contributed by atoms with van der Waals surface area (Å²) in [5.41, 5.74) is 1.76. The molecule has 2 fully saturated rings. The van der Waals surface area contributed by atoms with Crippen molar-refractivity contribution in [2.45, 2.75) is 17.4 Å². The lowest BCUT2D eigenvalue weighted by molar-refractivity contribution is -0.117. The summed E-state index contributed by atoms with van der Waals surface area (Å²) in [6.07, 6.45) is 3.32. The molecule has 2 aliphatic heterocycles. The van der Waals surface area contributed by atoms with Crippen molar-refractivity contribution in [1.82, 2.24) is 19.4 Å². The molecular formula is C27H27N5O6S2. The summed E-state index contributed by atoms with van der Waals surface area (Å²) in [4.78, 5) is 13.0. The smallest absolute Gasteiger partial charge is 0.262 e. The molecule has 2 aliphatic rings. The first-order valence-corrected chi connectivity index (χ1v) is 15.9. The lowest BCUT2D eigenvalue weighted by Crippen LogP contribution is -2.40. The number of sulfonamides is 1. The minimum absolute atomic E-state index is 0.0127. The molecule has 11 nitrogen and oxygen atoms in total. The van der Waals surface area contributed by atoms with Crippen LogP contribution < -0.4 is 5.32 Å². The topological polar surface area (TPSA) is 151 Å². The highest BCUT2D eigenvalue weighted by molar-refractivity contribution is 7.91. The van der Waals surface area contributed by atoms with Crippen LogP contribution in [0.1, 0.15) is 12.0 Å². The van der Waals surface area contributed by atoms with E-state index in [9.17, 15) is 26.9 Å². The van der Waals surface area contributed by atoms with Crippen LogP contribution in [-0.2, 0) is 29.4 Å². The minimum atomic E-state index is -3.78. The SMILES string of the molecule is N#CC(=Cc1cn(-c2ccccc2)nc1-c1cccc(S(=O)(=O)N2CCOCC2)c1)C(=O)NC1CCS(=O)(=O)C1. The Morgan fingerprint density at radius 2 is 1.88 bits per heavy atom. The van der Waals surface area contributed by atoms with Gasteiger partial charge in [-0.05, 0) is 36.8 Å². The van der Waals surface area contributed by atoms with Gasteiger partial charge in [-0.1, -0.05) is 30.3 Å². The van der Waals surface area contributed by atoms with E-state index < -0.39 is 31.8 Å². The van der Waals surface area contributed by atoms with Crippen LogP contribution in [0.15, 0.2) is 71.3 Å². The summed E-state index contributed by atoms with van der Waals surface area (Å²) >= 11 is 0. The van der Waals surface area contributed by atoms with Gasteiger partial charge in [-0.25, -0.2) is 21.5 Å². The summed E-state index contributed by atoms with van der Waals surface area (Å²) in [6, 6.07) is 16.9. The van der Waals surface area contributed by atoms with Gasteiger partial charge in [0.1, 0.15) is 17.3 Å². The van der Waals surface area contributed by atoms with Crippen LogP contribution in [0.25, 0.3) is 23.0 Å². The summed E-state index contributed by atoms with van der Waals surface area (Å²) in [6.45, 7) is 1.15. The van der Waals surface area contributed by atoms with E-state index in [4.69, 9.17) is 4.74 Å². The quantitative estimate of drug-likeness (QED) is 0.328. The third-order valence-corrected chi connectivity index (χ3v) is 10.4. The van der Waals surface area contributed by atoms with Gasteiger partial charge in [0.25, 0.3) is 5.91 Å². The summed E-state index contributed by atoms with van der Waals surface area (Å²) < 4.78 is 58.4. The Kier molecular flexibility index (Phi) is 7.86. The third kappa shape index (κ3) is 6.00. The number of sulfone groups is 1. The number of ether oxygens (including phenoxy) is 1. The lowest BCUT2D eigenvalue weighted by atomic mass is 10.1. The normalized spacial score (nSPS) is 19.7. The Bertz CT molecular complexity index is 1700. The standard InChI is InChI=1S/C27H27N5O6S2/c28-17-21(27(33)29-23-9-14-39(34,35)19-23)15-22-18-32(24-6-2-1-3-7-24)30-26(22)20-5-4-8-25(16-20)40(36,37)31-10-12-38-13-11-31/h1-8,15-16,18,23H,9-14,19H2,(H,29,33). The average molecular weight is 582 g/mol. The average Bonchev–Trinajstić information content (AvgIpc) is 3.54. The zero-order valence-electron chi connectivity index (χ0n) is 21.4. The second-order valence-corrected chi connectivity index (χ2v) is 13.7. The van der Waals surface area contributed by atoms with E-state index in [0.29, 0.717) is 30.0 Å². The number of amides is 1. The van der Waals surface area contributed by atoms with Gasteiger partial charge in [-0.3, -0.25) is 4.79 Å². The fourth-order valence-corrected chi connectivity index (χ4v) is 7.77. The fourth-order valence-electron chi connectivity index (χ4n) is 4.65. The Labute approximate surface area is 232 Å². The van der Waals surface area contributed by atoms with Crippen LogP contribution in [0.3, 0.4) is 0 Å². The van der Waals surface area contributed by atoms with Gasteiger partial charge < -0.3 is 10.1 Å². The van der Waals surface area contributed by atoms with E-state index >= 15 is 0 Å². The number of morpholine rings is 1. The molecule has 1 aromatic heterocycles. The highest BCUT2D eigenvalue weighted by atomic mass is 32.2. The second kappa shape index (κ2) is 11.3. The van der Waals surface area contributed by atoms with Crippen LogP contribution >= 0.6 is 0 Å². The first-order chi connectivity index (χ1) is 19.2. The molecule has 3 aromatic rings. The molecule has 5 rings (SSSR count). The van der Waals surface area contributed by atoms with E-state index in [0.717, 1.165) is 5.69 Å². The zero-order valence-corrected chi connectivity index (χ0v) is 23.1. The van der Waals surface area contributed by atoms with Crippen LogP contribution in [0.4, 0.5) is 0 Å². The van der Waals surface area contributed by atoms with Gasteiger partial charge in [-0.2, -0.15) is 14.7 Å². The monoisotopic (exact) mass is 581 g/mol. The van der Waals surface area contributed by atoms with Gasteiger partial charge in [0.2, 0.25) is 10.0 Å². The largest absolute Gasteiger partial charge is 0.379 e. The minimum Gasteiger partial charge on any atom is -0.379 e. The Hall–Kier alpha value is -3.83. The number of nitriles is 1. The van der Waals surface area contributed by atoms with Crippen LogP contribution in [0.5, 0.6) is 0 Å². The molecule has 2 saturated heterocycles. The van der Waals surface area contributed by atoms with E-state index in [-0.39, 0.29) is 41.5 Å². The van der Waals surface area contributed by atoms with Crippen LogP contribution in [0.2, 0.25) is 0 Å². The molecule has 1 amide bonds. The summed E-state index contributed by atoms with van der Waals surface area (Å²) in [5, 5.41) is 17.1. The van der Waals surface area contributed by atoms with E-state index in [1.807, 2.05) is 36.4 Å². The van der Waals surface area contributed by atoms with Crippen molar-refractivity contribution in [1.29, 1.82) is 5.26 Å². The molecule has 13 heteroatoms. The predicted molar refractivity (Wildman–Crippen MR) is 147 cm³/mol. The number of aromatic nitrogens is 2. The number of nitrogens with zero attached hydrogens (tertiary/aromatic N) is 4. The predicted octanol–water partition coefficient (Wildman–Crippen LogP) is 1.77. The van der Waals surface area contributed by atoms with Crippen molar-refractivity contribution in [3.8, 4) is 23.0 Å². The zero-order chi connectivity index (χ0) is 28.3. The number of hydrogen-bond acceptors (Lipinski definition) is 8. The van der Waals surface area contributed by atoms with Gasteiger partial charge in [0.15, 0.2) is 9.84 Å². The number of carbonyl (C=O) groups excluding carboxylic acids is 1. The molecule has 1 N–H and O–H groups in total. The Morgan fingerprint density at radius 1 is 1.12 bits per heavy atom. The second-order valence-electron chi connectivity index (χ2n) is 9.50. The molecule has 0 saturated carbocycles. The maximum absolute atomic E-state index is 13.3. The molecule has 208 valence electrons.